The monoisotopic (exact) mass is 354 g/mol. The molecule has 5 aromatic rings. The van der Waals surface area contributed by atoms with E-state index in [0.29, 0.717) is 5.56 Å². The first-order valence-electron chi connectivity index (χ1n) is 10.2. The van der Waals surface area contributed by atoms with E-state index in [1.807, 2.05) is 36.0 Å². The highest BCUT2D eigenvalue weighted by Crippen LogP contribution is 2.39. The molecule has 132 valence electrons. The first-order valence-corrected chi connectivity index (χ1v) is 9.19. The van der Waals surface area contributed by atoms with Crippen molar-refractivity contribution in [2.45, 2.75) is 20.2 Å². The molecule has 0 saturated carbocycles. The molecular weight excluding hydrogens is 330 g/mol. The second-order valence-electron chi connectivity index (χ2n) is 7.06. The minimum absolute atomic E-state index is 0.656. The topological polar surface area (TPSA) is 17.0 Å². The Bertz CT molecular complexity index is 1410. The van der Waals surface area contributed by atoms with E-state index < -0.39 is 6.37 Å². The van der Waals surface area contributed by atoms with E-state index in [0.717, 1.165) is 38.8 Å². The summed E-state index contributed by atoms with van der Waals surface area (Å²) in [5.74, 6) is 0. The predicted octanol–water partition coefficient (Wildman–Crippen LogP) is 6.10. The second kappa shape index (κ2) is 5.95. The maximum Gasteiger partial charge on any atom is 0.216 e. The number of furan rings is 1. The highest BCUT2D eigenvalue weighted by atomic mass is 16.3. The lowest BCUT2D eigenvalue weighted by molar-refractivity contribution is -0.660. The van der Waals surface area contributed by atoms with Crippen molar-refractivity contribution in [3.8, 4) is 11.3 Å². The Kier molecular flexibility index (Phi) is 3.08. The van der Waals surface area contributed by atoms with E-state index in [-0.39, 0.29) is 0 Å². The van der Waals surface area contributed by atoms with Crippen molar-refractivity contribution in [1.29, 1.82) is 0 Å². The number of pyridine rings is 1. The Labute approximate surface area is 161 Å². The third kappa shape index (κ3) is 2.37. The fourth-order valence-corrected chi connectivity index (χ4v) is 4.00. The first kappa shape index (κ1) is 14.0. The van der Waals surface area contributed by atoms with Gasteiger partial charge in [-0.3, -0.25) is 0 Å². The molecular formula is C25H22NO+. The third-order valence-electron chi connectivity index (χ3n) is 5.43. The van der Waals surface area contributed by atoms with Gasteiger partial charge in [-0.1, -0.05) is 49.4 Å². The van der Waals surface area contributed by atoms with Gasteiger partial charge >= 0.3 is 0 Å². The van der Waals surface area contributed by atoms with Crippen LogP contribution in [0.15, 0.2) is 71.3 Å². The molecule has 0 spiro atoms. The van der Waals surface area contributed by atoms with Gasteiger partial charge in [0.05, 0.1) is 5.56 Å². The number of rotatable bonds is 2. The van der Waals surface area contributed by atoms with Crippen molar-refractivity contribution in [1.82, 2.24) is 0 Å². The molecule has 2 heterocycles. The lowest BCUT2D eigenvalue weighted by atomic mass is 9.98. The van der Waals surface area contributed by atoms with E-state index in [1.54, 1.807) is 6.92 Å². The molecule has 0 atom stereocenters. The zero-order valence-corrected chi connectivity index (χ0v) is 15.7. The highest BCUT2D eigenvalue weighted by molar-refractivity contribution is 6.20. The molecule has 0 aliphatic heterocycles. The molecule has 0 radical (unpaired) electrons. The lowest BCUT2D eigenvalue weighted by Crippen LogP contribution is -2.30. The molecule has 0 amide bonds. The van der Waals surface area contributed by atoms with E-state index in [2.05, 4.69) is 49.4 Å². The molecule has 3 aromatic carbocycles. The van der Waals surface area contributed by atoms with Gasteiger partial charge in [0, 0.05) is 25.6 Å². The number of aryl methyl sites for hydroxylation is 3. The largest absolute Gasteiger partial charge is 0.455 e. The number of fused-ring (bicyclic) bond motifs is 5. The van der Waals surface area contributed by atoms with Gasteiger partial charge in [-0.05, 0) is 41.3 Å². The van der Waals surface area contributed by atoms with Gasteiger partial charge in [0.15, 0.2) is 6.20 Å². The van der Waals surface area contributed by atoms with Crippen molar-refractivity contribution < 1.29 is 11.7 Å². The first-order chi connectivity index (χ1) is 13.8. The van der Waals surface area contributed by atoms with Crippen LogP contribution in [0.1, 0.15) is 20.8 Å². The SMILES string of the molecule is [2H]C([2H])(C)c1cc[n+](C)c(-c2c(C)ccc3c2oc2ccc4ccccc4c23)c1. The van der Waals surface area contributed by atoms with Crippen LogP contribution in [-0.4, -0.2) is 0 Å². The lowest BCUT2D eigenvalue weighted by Gasteiger charge is -2.07. The molecule has 0 saturated heterocycles. The molecule has 0 aliphatic rings. The number of hydrogen-bond acceptors (Lipinski definition) is 1. The van der Waals surface area contributed by atoms with Crippen molar-refractivity contribution in [3.63, 3.8) is 0 Å². The fraction of sp³-hybridized carbons (Fsp3) is 0.160. The van der Waals surface area contributed by atoms with Crippen LogP contribution in [0.4, 0.5) is 0 Å². The van der Waals surface area contributed by atoms with Gasteiger partial charge in [0.2, 0.25) is 5.69 Å². The maximum absolute atomic E-state index is 8.13. The second-order valence-corrected chi connectivity index (χ2v) is 7.06. The quantitative estimate of drug-likeness (QED) is 0.350. The number of hydrogen-bond donors (Lipinski definition) is 0. The van der Waals surface area contributed by atoms with Gasteiger partial charge in [-0.25, -0.2) is 4.57 Å². The van der Waals surface area contributed by atoms with Crippen molar-refractivity contribution in [2.75, 3.05) is 0 Å². The fourth-order valence-electron chi connectivity index (χ4n) is 4.00. The molecule has 5 rings (SSSR count). The minimum Gasteiger partial charge on any atom is -0.455 e. The van der Waals surface area contributed by atoms with Crippen LogP contribution in [0.2, 0.25) is 0 Å². The number of aromatic nitrogens is 1. The van der Waals surface area contributed by atoms with Crippen LogP contribution in [-0.2, 0) is 13.4 Å². The van der Waals surface area contributed by atoms with E-state index >= 15 is 0 Å². The summed E-state index contributed by atoms with van der Waals surface area (Å²) in [6.07, 6.45) is 0.511. The van der Waals surface area contributed by atoms with E-state index in [9.17, 15) is 0 Å². The van der Waals surface area contributed by atoms with Crippen molar-refractivity contribution >= 4 is 32.7 Å². The molecule has 2 aromatic heterocycles. The molecule has 0 N–H and O–H groups in total. The van der Waals surface area contributed by atoms with Crippen LogP contribution in [0, 0.1) is 6.92 Å². The van der Waals surface area contributed by atoms with Crippen LogP contribution < -0.4 is 4.57 Å². The highest BCUT2D eigenvalue weighted by Gasteiger charge is 2.21. The molecule has 0 fully saturated rings. The zero-order valence-electron chi connectivity index (χ0n) is 17.7. The normalized spacial score (nSPS) is 13.3. The Morgan fingerprint density at radius 1 is 1.00 bits per heavy atom. The van der Waals surface area contributed by atoms with E-state index in [1.165, 1.54) is 10.8 Å². The summed E-state index contributed by atoms with van der Waals surface area (Å²) in [5, 5.41) is 4.59. The third-order valence-corrected chi connectivity index (χ3v) is 5.43. The van der Waals surface area contributed by atoms with Gasteiger partial charge in [0.25, 0.3) is 0 Å². The van der Waals surface area contributed by atoms with E-state index in [4.69, 9.17) is 7.16 Å². The molecule has 0 aliphatic carbocycles. The Morgan fingerprint density at radius 3 is 2.70 bits per heavy atom. The van der Waals surface area contributed by atoms with Crippen LogP contribution >= 0.6 is 0 Å². The van der Waals surface area contributed by atoms with Crippen molar-refractivity contribution in [2.24, 2.45) is 7.05 Å². The molecule has 2 nitrogen and oxygen atoms in total. The van der Waals surface area contributed by atoms with Gasteiger partial charge in [0.1, 0.15) is 18.2 Å². The Balaban J connectivity index is 1.91. The van der Waals surface area contributed by atoms with Gasteiger partial charge in [-0.2, -0.15) is 0 Å². The summed E-state index contributed by atoms with van der Waals surface area (Å²) in [6, 6.07) is 20.5. The van der Waals surface area contributed by atoms with Crippen molar-refractivity contribution in [3.05, 3.63) is 78.0 Å². The Morgan fingerprint density at radius 2 is 1.85 bits per heavy atom. The van der Waals surface area contributed by atoms with Crippen LogP contribution in [0.3, 0.4) is 0 Å². The maximum atomic E-state index is 8.13. The molecule has 2 heteroatoms. The predicted molar refractivity (Wildman–Crippen MR) is 112 cm³/mol. The minimum atomic E-state index is -1.41. The molecule has 27 heavy (non-hydrogen) atoms. The van der Waals surface area contributed by atoms with Crippen LogP contribution in [0.5, 0.6) is 0 Å². The number of benzene rings is 3. The summed E-state index contributed by atoms with van der Waals surface area (Å²) in [5.41, 5.74) is 5.43. The summed E-state index contributed by atoms with van der Waals surface area (Å²) >= 11 is 0. The average Bonchev–Trinajstić information content (AvgIpc) is 3.07. The summed E-state index contributed by atoms with van der Waals surface area (Å²) in [4.78, 5) is 0. The molecule has 0 unspecified atom stereocenters. The van der Waals surface area contributed by atoms with Crippen LogP contribution in [0.25, 0.3) is 44.0 Å². The number of nitrogens with zero attached hydrogens (tertiary/aromatic N) is 1. The summed E-state index contributed by atoms with van der Waals surface area (Å²) in [6.45, 7) is 3.67. The smallest absolute Gasteiger partial charge is 0.216 e. The van der Waals surface area contributed by atoms with Gasteiger partial charge < -0.3 is 4.42 Å². The summed E-state index contributed by atoms with van der Waals surface area (Å²) < 4.78 is 24.7. The standard InChI is InChI=1S/C25H22NO/c1-4-17-13-14-26(3)21(15-17)23-16(2)9-11-20-24-19-8-6-5-7-18(19)10-12-22(24)27-25(20)23/h5-15H,4H2,1-3H3/q+1/i4D2. The Hall–Kier alpha value is -3.13. The summed E-state index contributed by atoms with van der Waals surface area (Å²) in [7, 11) is 1.99. The van der Waals surface area contributed by atoms with Gasteiger partial charge in [-0.15, -0.1) is 0 Å². The zero-order chi connectivity index (χ0) is 20.3. The average molecular weight is 354 g/mol. The molecule has 0 bridgehead atoms.